The molecule has 7 nitrogen and oxygen atoms in total. The first kappa shape index (κ1) is 14.4. The summed E-state index contributed by atoms with van der Waals surface area (Å²) in [6, 6.07) is 5.36. The van der Waals surface area contributed by atoms with Gasteiger partial charge in [0.15, 0.2) is 0 Å². The minimum Gasteiger partial charge on any atom is -0.508 e. The van der Waals surface area contributed by atoms with E-state index in [1.54, 1.807) is 0 Å². The van der Waals surface area contributed by atoms with E-state index in [0.29, 0.717) is 0 Å². The van der Waals surface area contributed by atoms with Crippen LogP contribution in [0.25, 0.3) is 0 Å². The average molecular weight is 242 g/mol. The van der Waals surface area contributed by atoms with Gasteiger partial charge in [0.1, 0.15) is 12.2 Å². The third kappa shape index (κ3) is 7.37. The topological polar surface area (TPSA) is 132 Å². The van der Waals surface area contributed by atoms with Crippen LogP contribution in [0.2, 0.25) is 0 Å². The highest BCUT2D eigenvalue weighted by molar-refractivity contribution is 5.88. The Kier molecular flexibility index (Phi) is 5.80. The lowest BCUT2D eigenvalue weighted by Crippen LogP contribution is -2.03. The standard InChI is InChI=1S/C7H6O3.C3H4O4/c8-6-3-1-5(2-4-6)7(9)10;4-2(5)1-3(6)7/h1-4,8H,(H,9,10);1H2,(H,4,5)(H,6,7). The zero-order valence-corrected chi connectivity index (χ0v) is 8.53. The summed E-state index contributed by atoms with van der Waals surface area (Å²) >= 11 is 0. The van der Waals surface area contributed by atoms with Gasteiger partial charge in [0, 0.05) is 0 Å². The Morgan fingerprint density at radius 2 is 1.29 bits per heavy atom. The number of hydrogen-bond donors (Lipinski definition) is 4. The van der Waals surface area contributed by atoms with Crippen LogP contribution < -0.4 is 0 Å². The smallest absolute Gasteiger partial charge is 0.335 e. The van der Waals surface area contributed by atoms with Crippen molar-refractivity contribution < 1.29 is 34.8 Å². The van der Waals surface area contributed by atoms with E-state index in [1.165, 1.54) is 24.3 Å². The van der Waals surface area contributed by atoms with Gasteiger partial charge in [0.2, 0.25) is 0 Å². The Hall–Kier alpha value is -2.57. The molecule has 0 amide bonds. The second-order valence-corrected chi connectivity index (χ2v) is 2.82. The monoisotopic (exact) mass is 242 g/mol. The quantitative estimate of drug-likeness (QED) is 0.571. The van der Waals surface area contributed by atoms with Crippen LogP contribution in [0.4, 0.5) is 0 Å². The first-order valence-electron chi connectivity index (χ1n) is 4.29. The first-order chi connectivity index (χ1) is 7.82. The number of phenols is 1. The van der Waals surface area contributed by atoms with Crippen molar-refractivity contribution in [2.24, 2.45) is 0 Å². The molecule has 4 N–H and O–H groups in total. The highest BCUT2D eigenvalue weighted by Crippen LogP contribution is 2.08. The molecule has 1 aromatic carbocycles. The Morgan fingerprint density at radius 3 is 1.53 bits per heavy atom. The van der Waals surface area contributed by atoms with Crippen molar-refractivity contribution in [3.05, 3.63) is 29.8 Å². The van der Waals surface area contributed by atoms with Gasteiger partial charge in [-0.15, -0.1) is 0 Å². The average Bonchev–Trinajstić information content (AvgIpc) is 2.16. The maximum atomic E-state index is 10.2. The van der Waals surface area contributed by atoms with Gasteiger partial charge in [-0.2, -0.15) is 0 Å². The minimum absolute atomic E-state index is 0.0741. The third-order valence-corrected chi connectivity index (χ3v) is 1.42. The van der Waals surface area contributed by atoms with Crippen LogP contribution in [0.1, 0.15) is 16.8 Å². The number of hydrogen-bond acceptors (Lipinski definition) is 4. The second kappa shape index (κ2) is 6.83. The number of benzene rings is 1. The number of carboxylic acids is 3. The number of carbonyl (C=O) groups is 3. The highest BCUT2D eigenvalue weighted by atomic mass is 16.4. The van der Waals surface area contributed by atoms with E-state index in [-0.39, 0.29) is 11.3 Å². The summed E-state index contributed by atoms with van der Waals surface area (Å²) in [4.78, 5) is 29.1. The molecule has 0 saturated heterocycles. The van der Waals surface area contributed by atoms with E-state index in [0.717, 1.165) is 0 Å². The van der Waals surface area contributed by atoms with Crippen LogP contribution in [0.3, 0.4) is 0 Å². The van der Waals surface area contributed by atoms with Gasteiger partial charge in [0.05, 0.1) is 5.56 Å². The summed E-state index contributed by atoms with van der Waals surface area (Å²) < 4.78 is 0. The minimum atomic E-state index is -1.31. The summed E-state index contributed by atoms with van der Waals surface area (Å²) in [6.07, 6.45) is -0.806. The zero-order valence-electron chi connectivity index (χ0n) is 8.53. The normalized spacial score (nSPS) is 8.71. The predicted molar refractivity (Wildman–Crippen MR) is 55.0 cm³/mol. The largest absolute Gasteiger partial charge is 0.508 e. The van der Waals surface area contributed by atoms with Gasteiger partial charge in [-0.05, 0) is 24.3 Å². The first-order valence-corrected chi connectivity index (χ1v) is 4.29. The maximum absolute atomic E-state index is 10.2. The molecular formula is C10H10O7. The van der Waals surface area contributed by atoms with E-state index in [2.05, 4.69) is 0 Å². The molecule has 7 heteroatoms. The summed E-state index contributed by atoms with van der Waals surface area (Å²) in [5, 5.41) is 32.5. The van der Waals surface area contributed by atoms with Gasteiger partial charge in [-0.1, -0.05) is 0 Å². The van der Waals surface area contributed by atoms with E-state index in [4.69, 9.17) is 20.4 Å². The summed E-state index contributed by atoms with van der Waals surface area (Å²) in [6.45, 7) is 0. The van der Waals surface area contributed by atoms with Crippen LogP contribution in [0.15, 0.2) is 24.3 Å². The fourth-order valence-corrected chi connectivity index (χ4v) is 0.733. The molecule has 0 unspecified atom stereocenters. The molecule has 0 atom stereocenters. The Balaban J connectivity index is 0.000000325. The summed E-state index contributed by atoms with van der Waals surface area (Å²) in [5.41, 5.74) is 0.179. The zero-order chi connectivity index (χ0) is 13.4. The molecule has 0 aliphatic carbocycles. The summed E-state index contributed by atoms with van der Waals surface area (Å²) in [7, 11) is 0. The van der Waals surface area contributed by atoms with Crippen molar-refractivity contribution >= 4 is 17.9 Å². The molecule has 0 aromatic heterocycles. The van der Waals surface area contributed by atoms with Gasteiger partial charge < -0.3 is 20.4 Å². The fourth-order valence-electron chi connectivity index (χ4n) is 0.733. The van der Waals surface area contributed by atoms with E-state index < -0.39 is 24.3 Å². The number of aromatic hydroxyl groups is 1. The van der Waals surface area contributed by atoms with Crippen molar-refractivity contribution in [2.75, 3.05) is 0 Å². The van der Waals surface area contributed by atoms with E-state index >= 15 is 0 Å². The molecule has 1 rings (SSSR count). The molecular weight excluding hydrogens is 232 g/mol. The van der Waals surface area contributed by atoms with E-state index in [9.17, 15) is 14.4 Å². The molecule has 0 fully saturated rings. The molecule has 0 spiro atoms. The van der Waals surface area contributed by atoms with Crippen molar-refractivity contribution in [2.45, 2.75) is 6.42 Å². The molecule has 0 aliphatic rings. The van der Waals surface area contributed by atoms with Crippen LogP contribution in [-0.2, 0) is 9.59 Å². The van der Waals surface area contributed by atoms with Crippen molar-refractivity contribution in [1.29, 1.82) is 0 Å². The third-order valence-electron chi connectivity index (χ3n) is 1.42. The number of phenolic OH excluding ortho intramolecular Hbond substituents is 1. The molecule has 0 radical (unpaired) electrons. The van der Waals surface area contributed by atoms with Crippen LogP contribution in [0.5, 0.6) is 5.75 Å². The van der Waals surface area contributed by atoms with Gasteiger partial charge >= 0.3 is 17.9 Å². The maximum Gasteiger partial charge on any atom is 0.335 e. The summed E-state index contributed by atoms with van der Waals surface area (Å²) in [5.74, 6) is -3.54. The SMILES string of the molecule is O=C(O)CC(=O)O.O=C(O)c1ccc(O)cc1. The molecule has 0 aliphatic heterocycles. The van der Waals surface area contributed by atoms with Crippen LogP contribution in [-0.4, -0.2) is 38.3 Å². The second-order valence-electron chi connectivity index (χ2n) is 2.82. The number of carboxylic acid groups (broad SMARTS) is 3. The number of aliphatic carboxylic acids is 2. The predicted octanol–water partition coefficient (Wildman–Crippen LogP) is 0.636. The lowest BCUT2D eigenvalue weighted by atomic mass is 10.2. The van der Waals surface area contributed by atoms with Crippen molar-refractivity contribution in [3.63, 3.8) is 0 Å². The molecule has 17 heavy (non-hydrogen) atoms. The number of rotatable bonds is 3. The molecule has 0 heterocycles. The van der Waals surface area contributed by atoms with Gasteiger partial charge in [-0.25, -0.2) is 4.79 Å². The number of aromatic carboxylic acids is 1. The van der Waals surface area contributed by atoms with Gasteiger partial charge in [0.25, 0.3) is 0 Å². The van der Waals surface area contributed by atoms with E-state index in [1.807, 2.05) is 0 Å². The van der Waals surface area contributed by atoms with Crippen molar-refractivity contribution in [1.82, 2.24) is 0 Å². The van der Waals surface area contributed by atoms with Crippen LogP contribution in [0, 0.1) is 0 Å². The lowest BCUT2D eigenvalue weighted by Gasteiger charge is -1.92. The fraction of sp³-hybridized carbons (Fsp3) is 0.100. The molecule has 1 aromatic rings. The lowest BCUT2D eigenvalue weighted by molar-refractivity contribution is -0.147. The van der Waals surface area contributed by atoms with Crippen molar-refractivity contribution in [3.8, 4) is 5.75 Å². The Morgan fingerprint density at radius 1 is 0.882 bits per heavy atom. The molecule has 0 saturated carbocycles. The Labute approximate surface area is 95.6 Å². The molecule has 0 bridgehead atoms. The highest BCUT2D eigenvalue weighted by Gasteiger charge is 2.01. The Bertz CT molecular complexity index is 395. The van der Waals surface area contributed by atoms with Crippen LogP contribution >= 0.6 is 0 Å². The van der Waals surface area contributed by atoms with Gasteiger partial charge in [-0.3, -0.25) is 9.59 Å². The molecule has 92 valence electrons.